The van der Waals surface area contributed by atoms with Crippen molar-refractivity contribution in [3.8, 4) is 0 Å². The van der Waals surface area contributed by atoms with E-state index in [4.69, 9.17) is 16.3 Å². The summed E-state index contributed by atoms with van der Waals surface area (Å²) in [4.78, 5) is 24.6. The molecule has 0 aliphatic carbocycles. The average molecular weight is 423 g/mol. The Balaban J connectivity index is 1.91. The summed E-state index contributed by atoms with van der Waals surface area (Å²) in [5, 5.41) is 2.91. The summed E-state index contributed by atoms with van der Waals surface area (Å²) >= 11 is 6.21. The lowest BCUT2D eigenvalue weighted by Gasteiger charge is -2.29. The van der Waals surface area contributed by atoms with E-state index in [9.17, 15) is 18.0 Å². The minimum absolute atomic E-state index is 0.0479. The molecule has 0 radical (unpaired) electrons. The molecule has 7 nitrogen and oxygen atoms in total. The average Bonchev–Trinajstić information content (AvgIpc) is 2.68. The third-order valence-electron chi connectivity index (χ3n) is 4.41. The van der Waals surface area contributed by atoms with Crippen LogP contribution in [0.4, 0.5) is 11.4 Å². The minimum atomic E-state index is -3.47. The largest absolute Gasteiger partial charge is 0.465 e. The van der Waals surface area contributed by atoms with Crippen LogP contribution in [0, 0.1) is 0 Å². The number of halogens is 1. The molecule has 1 aliphatic heterocycles. The Morgan fingerprint density at radius 1 is 1.14 bits per heavy atom. The fraction of sp³-hybridized carbons (Fsp3) is 0.263. The first kappa shape index (κ1) is 20.2. The van der Waals surface area contributed by atoms with E-state index < -0.39 is 21.9 Å². The zero-order valence-electron chi connectivity index (χ0n) is 15.1. The number of hydrogen-bond donors (Lipinski definition) is 1. The minimum Gasteiger partial charge on any atom is -0.465 e. The number of nitrogens with zero attached hydrogens (tertiary/aromatic N) is 1. The van der Waals surface area contributed by atoms with Crippen molar-refractivity contribution in [3.05, 3.63) is 58.6 Å². The first-order valence-electron chi connectivity index (χ1n) is 8.62. The number of carbonyl (C=O) groups excluding carboxylic acids is 2. The second-order valence-corrected chi connectivity index (χ2v) is 8.67. The molecule has 1 N–H and O–H groups in total. The summed E-state index contributed by atoms with van der Waals surface area (Å²) in [6.07, 6.45) is 1.32. The molecular formula is C19H19ClN2O5S. The van der Waals surface area contributed by atoms with Crippen molar-refractivity contribution in [2.75, 3.05) is 29.0 Å². The van der Waals surface area contributed by atoms with E-state index in [0.717, 1.165) is 6.42 Å². The molecule has 1 heterocycles. The Hall–Kier alpha value is -2.58. The second kappa shape index (κ2) is 8.20. The molecule has 3 rings (SSSR count). The summed E-state index contributed by atoms with van der Waals surface area (Å²) in [5.41, 5.74) is 1.00. The lowest BCUT2D eigenvalue weighted by molar-refractivity contribution is 0.0602. The molecule has 0 spiro atoms. The van der Waals surface area contributed by atoms with E-state index in [0.29, 0.717) is 18.7 Å². The first-order chi connectivity index (χ1) is 13.3. The number of sulfonamides is 1. The Labute approximate surface area is 168 Å². The fourth-order valence-electron chi connectivity index (χ4n) is 2.98. The lowest BCUT2D eigenvalue weighted by Crippen LogP contribution is -2.38. The lowest BCUT2D eigenvalue weighted by atomic mass is 10.1. The third-order valence-corrected chi connectivity index (χ3v) is 6.58. The van der Waals surface area contributed by atoms with Crippen LogP contribution in [-0.2, 0) is 14.8 Å². The van der Waals surface area contributed by atoms with Gasteiger partial charge < -0.3 is 10.1 Å². The Bertz CT molecular complexity index is 1020. The molecule has 2 aromatic rings. The Kier molecular flexibility index (Phi) is 5.90. The number of nitrogens with one attached hydrogen (secondary N) is 1. The molecule has 1 saturated heterocycles. The molecule has 0 atom stereocenters. The molecule has 1 fully saturated rings. The van der Waals surface area contributed by atoms with Gasteiger partial charge in [-0.25, -0.2) is 13.2 Å². The predicted octanol–water partition coefficient (Wildman–Crippen LogP) is 3.31. The molecule has 0 unspecified atom stereocenters. The zero-order valence-corrected chi connectivity index (χ0v) is 16.7. The topological polar surface area (TPSA) is 92.8 Å². The van der Waals surface area contributed by atoms with Gasteiger partial charge in [0, 0.05) is 12.1 Å². The van der Waals surface area contributed by atoms with Crippen molar-refractivity contribution in [2.24, 2.45) is 0 Å². The zero-order chi connectivity index (χ0) is 20.3. The molecule has 9 heteroatoms. The van der Waals surface area contributed by atoms with Gasteiger partial charge in [0.15, 0.2) is 0 Å². The number of anilines is 2. The van der Waals surface area contributed by atoms with Gasteiger partial charge in [0.05, 0.1) is 34.8 Å². The third kappa shape index (κ3) is 4.13. The van der Waals surface area contributed by atoms with Gasteiger partial charge in [-0.05, 0) is 43.2 Å². The summed E-state index contributed by atoms with van der Waals surface area (Å²) in [5.74, 6) is -1.03. The monoisotopic (exact) mass is 422 g/mol. The molecule has 2 aromatic carbocycles. The van der Waals surface area contributed by atoms with Crippen LogP contribution in [0.1, 0.15) is 33.6 Å². The van der Waals surface area contributed by atoms with Crippen LogP contribution in [0.15, 0.2) is 42.5 Å². The maximum absolute atomic E-state index is 12.7. The van der Waals surface area contributed by atoms with E-state index in [1.807, 2.05) is 0 Å². The van der Waals surface area contributed by atoms with Crippen molar-refractivity contribution in [1.82, 2.24) is 0 Å². The number of rotatable bonds is 4. The standard InChI is InChI=1S/C19H19ClN2O5S/c1-27-19(24)14-6-2-3-7-16(14)21-18(23)13-8-9-15(20)17(12-13)22-10-4-5-11-28(22,25)26/h2-3,6-9,12H,4-5,10-11H2,1H3,(H,21,23). The molecule has 0 bridgehead atoms. The van der Waals surface area contributed by atoms with E-state index in [2.05, 4.69) is 5.32 Å². The fourth-order valence-corrected chi connectivity index (χ4v) is 4.90. The number of benzene rings is 2. The number of methoxy groups -OCH3 is 1. The first-order valence-corrected chi connectivity index (χ1v) is 10.6. The molecule has 0 aromatic heterocycles. The van der Waals surface area contributed by atoms with Crippen LogP contribution in [0.25, 0.3) is 0 Å². The Morgan fingerprint density at radius 3 is 2.61 bits per heavy atom. The van der Waals surface area contributed by atoms with Gasteiger partial charge in [-0.2, -0.15) is 0 Å². The van der Waals surface area contributed by atoms with Crippen LogP contribution >= 0.6 is 11.6 Å². The quantitative estimate of drug-likeness (QED) is 0.763. The van der Waals surface area contributed by atoms with E-state index in [1.165, 1.54) is 35.7 Å². The van der Waals surface area contributed by atoms with Crippen molar-refractivity contribution in [1.29, 1.82) is 0 Å². The number of para-hydroxylation sites is 1. The molecule has 1 amide bonds. The van der Waals surface area contributed by atoms with Crippen LogP contribution in [0.3, 0.4) is 0 Å². The smallest absolute Gasteiger partial charge is 0.339 e. The molecular weight excluding hydrogens is 404 g/mol. The highest BCUT2D eigenvalue weighted by Crippen LogP contribution is 2.32. The maximum Gasteiger partial charge on any atom is 0.339 e. The highest BCUT2D eigenvalue weighted by Gasteiger charge is 2.28. The van der Waals surface area contributed by atoms with Crippen molar-refractivity contribution >= 4 is 44.9 Å². The van der Waals surface area contributed by atoms with Crippen LogP contribution in [0.2, 0.25) is 5.02 Å². The molecule has 28 heavy (non-hydrogen) atoms. The van der Waals surface area contributed by atoms with Gasteiger partial charge in [0.2, 0.25) is 10.0 Å². The molecule has 0 saturated carbocycles. The summed E-state index contributed by atoms with van der Waals surface area (Å²) in [7, 11) is -2.21. The van der Waals surface area contributed by atoms with E-state index in [-0.39, 0.29) is 27.6 Å². The highest BCUT2D eigenvalue weighted by atomic mass is 35.5. The number of carbonyl (C=O) groups is 2. The molecule has 148 valence electrons. The Morgan fingerprint density at radius 2 is 1.89 bits per heavy atom. The number of esters is 1. The van der Waals surface area contributed by atoms with Crippen molar-refractivity contribution in [2.45, 2.75) is 12.8 Å². The van der Waals surface area contributed by atoms with E-state index in [1.54, 1.807) is 18.2 Å². The second-order valence-electron chi connectivity index (χ2n) is 6.25. The number of ether oxygens (including phenoxy) is 1. The van der Waals surface area contributed by atoms with Crippen molar-refractivity contribution in [3.63, 3.8) is 0 Å². The van der Waals surface area contributed by atoms with Crippen molar-refractivity contribution < 1.29 is 22.7 Å². The van der Waals surface area contributed by atoms with Gasteiger partial charge >= 0.3 is 5.97 Å². The summed E-state index contributed by atoms with van der Waals surface area (Å²) in [6.45, 7) is 0.318. The normalized spacial score (nSPS) is 15.7. The van der Waals surface area contributed by atoms with E-state index >= 15 is 0 Å². The van der Waals surface area contributed by atoms with Gasteiger partial charge in [-0.15, -0.1) is 0 Å². The SMILES string of the molecule is COC(=O)c1ccccc1NC(=O)c1ccc(Cl)c(N2CCCCS2(=O)=O)c1. The summed E-state index contributed by atoms with van der Waals surface area (Å²) < 4.78 is 30.7. The van der Waals surface area contributed by atoms with Gasteiger partial charge in [0.25, 0.3) is 5.91 Å². The van der Waals surface area contributed by atoms with Crippen LogP contribution in [0.5, 0.6) is 0 Å². The van der Waals surface area contributed by atoms with Crippen LogP contribution in [-0.4, -0.2) is 39.7 Å². The summed E-state index contributed by atoms with van der Waals surface area (Å²) in [6, 6.07) is 10.9. The number of amides is 1. The van der Waals surface area contributed by atoms with Gasteiger partial charge in [-0.1, -0.05) is 23.7 Å². The predicted molar refractivity (Wildman–Crippen MR) is 108 cm³/mol. The van der Waals surface area contributed by atoms with Crippen LogP contribution < -0.4 is 9.62 Å². The van der Waals surface area contributed by atoms with Gasteiger partial charge in [-0.3, -0.25) is 9.10 Å². The molecule has 1 aliphatic rings. The highest BCUT2D eigenvalue weighted by molar-refractivity contribution is 7.92. The number of hydrogen-bond acceptors (Lipinski definition) is 5. The maximum atomic E-state index is 12.7. The van der Waals surface area contributed by atoms with Gasteiger partial charge in [0.1, 0.15) is 0 Å².